The van der Waals surface area contributed by atoms with Crippen molar-refractivity contribution in [2.75, 3.05) is 0 Å². The molecule has 0 bridgehead atoms. The smallest absolute Gasteiger partial charge is 0.155 e. The average molecular weight is 661 g/mol. The number of furan rings is 1. The van der Waals surface area contributed by atoms with Crippen molar-refractivity contribution in [1.82, 2.24) is 4.98 Å². The Labute approximate surface area is 227 Å². The summed E-state index contributed by atoms with van der Waals surface area (Å²) in [6.07, 6.45) is 3.06. The number of pyridine rings is 1. The zero-order valence-electron chi connectivity index (χ0n) is 22.2. The summed E-state index contributed by atoms with van der Waals surface area (Å²) in [6.45, 7) is 15.8. The maximum atomic E-state index is 10.0. The predicted octanol–water partition coefficient (Wildman–Crippen LogP) is 8.22. The molecule has 0 aliphatic heterocycles. The minimum Gasteiger partial charge on any atom is -0.512 e. The molecule has 0 saturated carbocycles. The molecule has 1 N–H and O–H groups in total. The molecule has 5 heteroatoms. The zero-order chi connectivity index (χ0) is 25.9. The molecule has 0 unspecified atom stereocenters. The first-order valence-corrected chi connectivity index (χ1v) is 11.7. The van der Waals surface area contributed by atoms with Crippen LogP contribution in [0.4, 0.5) is 0 Å². The van der Waals surface area contributed by atoms with Gasteiger partial charge in [0.1, 0.15) is 11.3 Å². The van der Waals surface area contributed by atoms with Crippen molar-refractivity contribution < 1.29 is 34.4 Å². The number of ketones is 1. The number of aryl methyl sites for hydroxylation is 3. The molecule has 191 valence electrons. The fourth-order valence-electron chi connectivity index (χ4n) is 3.92. The minimum absolute atomic E-state index is 0. The van der Waals surface area contributed by atoms with E-state index in [4.69, 9.17) is 14.5 Å². The van der Waals surface area contributed by atoms with Gasteiger partial charge in [-0.15, -0.1) is 34.9 Å². The van der Waals surface area contributed by atoms with Crippen molar-refractivity contribution in [2.45, 2.75) is 60.8 Å². The number of hydrogen-bond acceptors (Lipinski definition) is 4. The molecule has 0 spiro atoms. The van der Waals surface area contributed by atoms with Crippen LogP contribution in [0.5, 0.6) is 0 Å². The van der Waals surface area contributed by atoms with Crippen molar-refractivity contribution in [2.24, 2.45) is 0 Å². The van der Waals surface area contributed by atoms with Gasteiger partial charge in [-0.25, -0.2) is 0 Å². The van der Waals surface area contributed by atoms with E-state index in [0.717, 1.165) is 39.1 Å². The summed E-state index contributed by atoms with van der Waals surface area (Å²) >= 11 is 0. The predicted molar refractivity (Wildman–Crippen MR) is 144 cm³/mol. The quantitative estimate of drug-likeness (QED) is 0.137. The summed E-state index contributed by atoms with van der Waals surface area (Å²) in [5, 5.41) is 9.38. The Balaban J connectivity index is 0.000000503. The summed E-state index contributed by atoms with van der Waals surface area (Å²) in [5.74, 6) is 0.817. The Hall–Kier alpha value is -3.01. The fourth-order valence-corrected chi connectivity index (χ4v) is 3.92. The number of hydrogen-bond donors (Lipinski definition) is 1. The normalized spacial score (nSPS) is 11.5. The molecule has 2 aromatic carbocycles. The van der Waals surface area contributed by atoms with Gasteiger partial charge in [-0.3, -0.25) is 4.79 Å². The van der Waals surface area contributed by atoms with Crippen LogP contribution in [-0.2, 0) is 30.3 Å². The van der Waals surface area contributed by atoms with E-state index in [-0.39, 0.29) is 37.1 Å². The monoisotopic (exact) mass is 661 g/mol. The Bertz CT molecular complexity index is 1380. The molecule has 0 aliphatic carbocycles. The van der Waals surface area contributed by atoms with Gasteiger partial charge in [-0.1, -0.05) is 44.9 Å². The van der Waals surface area contributed by atoms with Gasteiger partial charge in [-0.05, 0) is 63.1 Å². The number of allylic oxidation sites excluding steroid dienone is 2. The molecule has 4 nitrogen and oxygen atoms in total. The summed E-state index contributed by atoms with van der Waals surface area (Å²) in [7, 11) is 0. The van der Waals surface area contributed by atoms with E-state index in [9.17, 15) is 4.79 Å². The van der Waals surface area contributed by atoms with E-state index in [1.54, 1.807) is 0 Å². The van der Waals surface area contributed by atoms with Crippen molar-refractivity contribution >= 4 is 16.8 Å². The van der Waals surface area contributed by atoms with Gasteiger partial charge >= 0.3 is 0 Å². The van der Waals surface area contributed by atoms with Gasteiger partial charge in [0.2, 0.25) is 0 Å². The Morgan fingerprint density at radius 2 is 1.61 bits per heavy atom. The molecule has 1 radical (unpaired) electrons. The van der Waals surface area contributed by atoms with Gasteiger partial charge in [0.05, 0.1) is 5.76 Å². The summed E-state index contributed by atoms with van der Waals surface area (Å²) in [4.78, 5) is 14.7. The van der Waals surface area contributed by atoms with Crippen LogP contribution in [0, 0.1) is 26.8 Å². The molecular formula is C31H34IrNO3-. The molecule has 0 saturated heterocycles. The standard InChI is InChI=1S/C26H26NO.C5H8O2.Ir/c1-16-7-17(2)10-20(9-16)24-13-21-15-27-23(14-25(21)28-24)19-8-18(3)11-22(12-19)26(4,5)6;1-4(6)3-5(2)7;/h7,9-15H,1-6H3;3,6H,1-2H3;/q-1;;/b;4-3-;. The van der Waals surface area contributed by atoms with Crippen LogP contribution >= 0.6 is 0 Å². The van der Waals surface area contributed by atoms with Crippen LogP contribution in [0.25, 0.3) is 33.6 Å². The fraction of sp³-hybridized carbons (Fsp3) is 0.290. The number of carbonyl (C=O) groups is 1. The van der Waals surface area contributed by atoms with Crippen LogP contribution in [0.2, 0.25) is 0 Å². The molecule has 36 heavy (non-hydrogen) atoms. The van der Waals surface area contributed by atoms with Gasteiger partial charge in [0.15, 0.2) is 5.78 Å². The zero-order valence-corrected chi connectivity index (χ0v) is 24.6. The summed E-state index contributed by atoms with van der Waals surface area (Å²) in [6, 6.07) is 18.4. The van der Waals surface area contributed by atoms with Gasteiger partial charge in [0, 0.05) is 43.3 Å². The number of rotatable bonds is 3. The Morgan fingerprint density at radius 3 is 2.14 bits per heavy atom. The maximum Gasteiger partial charge on any atom is 0.155 e. The van der Waals surface area contributed by atoms with Crippen LogP contribution in [0.1, 0.15) is 56.9 Å². The Morgan fingerprint density at radius 1 is 0.972 bits per heavy atom. The first-order chi connectivity index (χ1) is 16.3. The van der Waals surface area contributed by atoms with Gasteiger partial charge < -0.3 is 14.5 Å². The maximum absolute atomic E-state index is 10.0. The molecule has 0 atom stereocenters. The second-order valence-corrected chi connectivity index (χ2v) is 10.2. The van der Waals surface area contributed by atoms with E-state index in [0.29, 0.717) is 0 Å². The topological polar surface area (TPSA) is 63.3 Å². The van der Waals surface area contributed by atoms with Crippen molar-refractivity contribution in [3.63, 3.8) is 0 Å². The van der Waals surface area contributed by atoms with Crippen LogP contribution < -0.4 is 0 Å². The third kappa shape index (κ3) is 7.74. The molecule has 0 aliphatic rings. The minimum atomic E-state index is -0.125. The van der Waals surface area contributed by atoms with Crippen LogP contribution in [0.3, 0.4) is 0 Å². The van der Waals surface area contributed by atoms with E-state index < -0.39 is 0 Å². The van der Waals surface area contributed by atoms with Crippen molar-refractivity contribution in [3.8, 4) is 22.6 Å². The molecule has 2 heterocycles. The number of aromatic nitrogens is 1. The molecule has 2 aromatic heterocycles. The van der Waals surface area contributed by atoms with Gasteiger partial charge in [-0.2, -0.15) is 0 Å². The first-order valence-electron chi connectivity index (χ1n) is 11.7. The number of aliphatic hydroxyl groups is 1. The van der Waals surface area contributed by atoms with Crippen molar-refractivity contribution in [3.05, 3.63) is 88.8 Å². The van der Waals surface area contributed by atoms with Gasteiger partial charge in [0.25, 0.3) is 0 Å². The Kier molecular flexibility index (Phi) is 9.59. The van der Waals surface area contributed by atoms with E-state index in [1.807, 2.05) is 12.3 Å². The number of fused-ring (bicyclic) bond motifs is 1. The van der Waals surface area contributed by atoms with Crippen LogP contribution in [-0.4, -0.2) is 15.9 Å². The second-order valence-electron chi connectivity index (χ2n) is 10.2. The summed E-state index contributed by atoms with van der Waals surface area (Å²) < 4.78 is 6.20. The average Bonchev–Trinajstić information content (AvgIpc) is 3.15. The molecule has 0 fully saturated rings. The van der Waals surface area contributed by atoms with E-state index in [1.165, 1.54) is 36.6 Å². The third-order valence-electron chi connectivity index (χ3n) is 5.47. The van der Waals surface area contributed by atoms with Crippen molar-refractivity contribution in [1.29, 1.82) is 0 Å². The van der Waals surface area contributed by atoms with E-state index >= 15 is 0 Å². The number of nitrogens with zero attached hydrogens (tertiary/aromatic N) is 1. The third-order valence-corrected chi connectivity index (χ3v) is 5.47. The second kappa shape index (κ2) is 11.8. The molecular weight excluding hydrogens is 627 g/mol. The SMILES string of the molecule is CC(=O)/C=C(/C)O.Cc1[c-]c(-c2cc3oc(-c4cc(C)cc(C)c4)cc3cn2)cc(C(C)(C)C)c1.[Ir]. The van der Waals surface area contributed by atoms with E-state index in [2.05, 4.69) is 84.0 Å². The molecule has 4 rings (SSSR count). The number of benzene rings is 2. The molecule has 0 amide bonds. The first kappa shape index (κ1) is 29.2. The number of carbonyl (C=O) groups excluding carboxylic acids is 1. The molecule has 4 aromatic rings. The number of aliphatic hydroxyl groups excluding tert-OH is 1. The summed E-state index contributed by atoms with van der Waals surface area (Å²) in [5.41, 5.74) is 8.82. The van der Waals surface area contributed by atoms with Crippen LogP contribution in [0.15, 0.2) is 64.9 Å². The largest absolute Gasteiger partial charge is 0.512 e.